The summed E-state index contributed by atoms with van der Waals surface area (Å²) in [6.45, 7) is 6.21. The molecule has 1 amide bonds. The Kier molecular flexibility index (Phi) is 3.69. The lowest BCUT2D eigenvalue weighted by atomic mass is 10.1. The Morgan fingerprint density at radius 1 is 1.38 bits per heavy atom. The van der Waals surface area contributed by atoms with Crippen LogP contribution < -0.4 is 0 Å². The summed E-state index contributed by atoms with van der Waals surface area (Å²) in [4.78, 5) is 19.0. The molecule has 1 fully saturated rings. The second-order valence-electron chi connectivity index (χ2n) is 4.31. The first-order chi connectivity index (χ1) is 7.72. The summed E-state index contributed by atoms with van der Waals surface area (Å²) in [5.74, 6) is -0.0371. The Labute approximate surface area is 101 Å². The molecule has 0 N–H and O–H groups in total. The highest BCUT2D eigenvalue weighted by atomic mass is 32.2. The summed E-state index contributed by atoms with van der Waals surface area (Å²) in [5, 5.41) is 0.924. The standard InChI is InChI=1S/C12H18N2OS/c1-3-9(2)10-11(15)13-12(16-10)14-7-5-4-6-8-14/h3-8H2,1-2H3/b10-9+. The van der Waals surface area contributed by atoms with Crippen LogP contribution in [-0.2, 0) is 4.79 Å². The fourth-order valence-electron chi connectivity index (χ4n) is 1.95. The molecule has 3 nitrogen and oxygen atoms in total. The zero-order chi connectivity index (χ0) is 11.5. The lowest BCUT2D eigenvalue weighted by molar-refractivity contribution is -0.113. The van der Waals surface area contributed by atoms with Gasteiger partial charge in [0.1, 0.15) is 0 Å². The number of amidine groups is 1. The predicted molar refractivity (Wildman–Crippen MR) is 68.4 cm³/mol. The minimum atomic E-state index is -0.0371. The maximum absolute atomic E-state index is 11.7. The number of allylic oxidation sites excluding steroid dienone is 1. The van der Waals surface area contributed by atoms with Crippen molar-refractivity contribution >= 4 is 22.8 Å². The van der Waals surface area contributed by atoms with Crippen molar-refractivity contribution in [3.05, 3.63) is 10.5 Å². The van der Waals surface area contributed by atoms with Crippen LogP contribution in [0.4, 0.5) is 0 Å². The van der Waals surface area contributed by atoms with E-state index in [1.54, 1.807) is 11.8 Å². The van der Waals surface area contributed by atoms with Crippen LogP contribution in [0.2, 0.25) is 0 Å². The summed E-state index contributed by atoms with van der Waals surface area (Å²) in [6, 6.07) is 0. The maximum atomic E-state index is 11.7. The molecule has 0 aliphatic carbocycles. The predicted octanol–water partition coefficient (Wildman–Crippen LogP) is 2.79. The van der Waals surface area contributed by atoms with Crippen LogP contribution >= 0.6 is 11.8 Å². The van der Waals surface area contributed by atoms with Crippen molar-refractivity contribution in [2.45, 2.75) is 39.5 Å². The average molecular weight is 238 g/mol. The third-order valence-electron chi connectivity index (χ3n) is 3.13. The van der Waals surface area contributed by atoms with E-state index in [2.05, 4.69) is 16.8 Å². The van der Waals surface area contributed by atoms with E-state index in [4.69, 9.17) is 0 Å². The van der Waals surface area contributed by atoms with Gasteiger partial charge in [-0.2, -0.15) is 4.99 Å². The van der Waals surface area contributed by atoms with E-state index in [1.807, 2.05) is 6.92 Å². The lowest BCUT2D eigenvalue weighted by Crippen LogP contribution is -2.33. The molecule has 0 unspecified atom stereocenters. The molecule has 4 heteroatoms. The lowest BCUT2D eigenvalue weighted by Gasteiger charge is -2.27. The van der Waals surface area contributed by atoms with Gasteiger partial charge in [-0.15, -0.1) is 0 Å². The largest absolute Gasteiger partial charge is 0.351 e. The first-order valence-electron chi connectivity index (χ1n) is 5.98. The summed E-state index contributed by atoms with van der Waals surface area (Å²) in [7, 11) is 0. The van der Waals surface area contributed by atoms with Crippen molar-refractivity contribution in [3.63, 3.8) is 0 Å². The molecule has 2 heterocycles. The highest BCUT2D eigenvalue weighted by Crippen LogP contribution is 2.32. The zero-order valence-electron chi connectivity index (χ0n) is 9.95. The molecule has 0 atom stereocenters. The molecule has 0 radical (unpaired) electrons. The number of likely N-dealkylation sites (tertiary alicyclic amines) is 1. The van der Waals surface area contributed by atoms with Gasteiger partial charge in [-0.3, -0.25) is 4.79 Å². The first kappa shape index (κ1) is 11.7. The Morgan fingerprint density at radius 2 is 2.06 bits per heavy atom. The smallest absolute Gasteiger partial charge is 0.286 e. The third-order valence-corrected chi connectivity index (χ3v) is 4.39. The number of rotatable bonds is 1. The maximum Gasteiger partial charge on any atom is 0.286 e. The number of hydrogen-bond donors (Lipinski definition) is 0. The molecule has 1 saturated heterocycles. The molecule has 0 aromatic heterocycles. The molecular weight excluding hydrogens is 220 g/mol. The van der Waals surface area contributed by atoms with E-state index < -0.39 is 0 Å². The van der Waals surface area contributed by atoms with Crippen molar-refractivity contribution in [3.8, 4) is 0 Å². The van der Waals surface area contributed by atoms with Crippen molar-refractivity contribution in [2.75, 3.05) is 13.1 Å². The Bertz CT molecular complexity index is 354. The molecule has 2 aliphatic heterocycles. The number of thioether (sulfide) groups is 1. The Hall–Kier alpha value is -0.770. The number of aliphatic imine (C=N–C) groups is 1. The quantitative estimate of drug-likeness (QED) is 0.658. The van der Waals surface area contributed by atoms with E-state index in [1.165, 1.54) is 19.3 Å². The molecule has 0 spiro atoms. The van der Waals surface area contributed by atoms with E-state index in [0.29, 0.717) is 0 Å². The number of carbonyl (C=O) groups excluding carboxylic acids is 1. The summed E-state index contributed by atoms with van der Waals surface area (Å²) >= 11 is 1.56. The van der Waals surface area contributed by atoms with Gasteiger partial charge < -0.3 is 4.90 Å². The Morgan fingerprint density at radius 3 is 2.69 bits per heavy atom. The normalized spacial score (nSPS) is 24.8. The summed E-state index contributed by atoms with van der Waals surface area (Å²) in [6.07, 6.45) is 4.68. The van der Waals surface area contributed by atoms with Crippen molar-refractivity contribution in [1.29, 1.82) is 0 Å². The molecule has 16 heavy (non-hydrogen) atoms. The van der Waals surface area contributed by atoms with Crippen LogP contribution in [0, 0.1) is 0 Å². The fraction of sp³-hybridized carbons (Fsp3) is 0.667. The highest BCUT2D eigenvalue weighted by molar-refractivity contribution is 8.18. The van der Waals surface area contributed by atoms with Gasteiger partial charge in [0.2, 0.25) is 0 Å². The highest BCUT2D eigenvalue weighted by Gasteiger charge is 2.27. The topological polar surface area (TPSA) is 32.7 Å². The zero-order valence-corrected chi connectivity index (χ0v) is 10.8. The van der Waals surface area contributed by atoms with Crippen LogP contribution in [0.25, 0.3) is 0 Å². The van der Waals surface area contributed by atoms with Crippen LogP contribution in [0.1, 0.15) is 39.5 Å². The number of nitrogens with zero attached hydrogens (tertiary/aromatic N) is 2. The van der Waals surface area contributed by atoms with Gasteiger partial charge in [-0.25, -0.2) is 0 Å². The van der Waals surface area contributed by atoms with Crippen LogP contribution in [0.15, 0.2) is 15.5 Å². The summed E-state index contributed by atoms with van der Waals surface area (Å²) in [5.41, 5.74) is 1.16. The van der Waals surface area contributed by atoms with Crippen LogP contribution in [-0.4, -0.2) is 29.1 Å². The second-order valence-corrected chi connectivity index (χ2v) is 5.29. The molecular formula is C12H18N2OS. The van der Waals surface area contributed by atoms with Crippen molar-refractivity contribution in [1.82, 2.24) is 4.90 Å². The van der Waals surface area contributed by atoms with Gasteiger partial charge in [0.15, 0.2) is 5.17 Å². The molecule has 0 aromatic rings. The SMILES string of the molecule is CC/C(C)=C1/SC(N2CCCCC2)=NC1=O. The van der Waals surface area contributed by atoms with Crippen molar-refractivity contribution in [2.24, 2.45) is 4.99 Å². The van der Waals surface area contributed by atoms with Gasteiger partial charge in [0.05, 0.1) is 4.91 Å². The van der Waals surface area contributed by atoms with Gasteiger partial charge in [-0.1, -0.05) is 12.5 Å². The monoisotopic (exact) mass is 238 g/mol. The number of piperidine rings is 1. The van der Waals surface area contributed by atoms with E-state index in [-0.39, 0.29) is 5.91 Å². The van der Waals surface area contributed by atoms with Crippen molar-refractivity contribution < 1.29 is 4.79 Å². The number of amides is 1. The molecule has 88 valence electrons. The van der Waals surface area contributed by atoms with E-state index in [0.717, 1.165) is 35.2 Å². The molecule has 0 saturated carbocycles. The number of carbonyl (C=O) groups is 1. The summed E-state index contributed by atoms with van der Waals surface area (Å²) < 4.78 is 0. The van der Waals surface area contributed by atoms with Crippen LogP contribution in [0.3, 0.4) is 0 Å². The number of hydrogen-bond acceptors (Lipinski definition) is 3. The molecule has 0 aromatic carbocycles. The van der Waals surface area contributed by atoms with E-state index >= 15 is 0 Å². The third kappa shape index (κ3) is 2.32. The van der Waals surface area contributed by atoms with E-state index in [9.17, 15) is 4.79 Å². The van der Waals surface area contributed by atoms with Gasteiger partial charge >= 0.3 is 0 Å². The fourth-order valence-corrected chi connectivity index (χ4v) is 3.02. The molecule has 0 bridgehead atoms. The van der Waals surface area contributed by atoms with Gasteiger partial charge in [-0.05, 0) is 44.4 Å². The van der Waals surface area contributed by atoms with Gasteiger partial charge in [0, 0.05) is 13.1 Å². The molecule has 2 rings (SSSR count). The average Bonchev–Trinajstić information content (AvgIpc) is 2.71. The van der Waals surface area contributed by atoms with Crippen LogP contribution in [0.5, 0.6) is 0 Å². The molecule has 2 aliphatic rings. The second kappa shape index (κ2) is 5.04. The first-order valence-corrected chi connectivity index (χ1v) is 6.79. The van der Waals surface area contributed by atoms with Gasteiger partial charge in [0.25, 0.3) is 5.91 Å². The minimum Gasteiger partial charge on any atom is -0.351 e. The minimum absolute atomic E-state index is 0.0371. The Balaban J connectivity index is 2.09.